The van der Waals surface area contributed by atoms with E-state index in [1.807, 2.05) is 0 Å². The fraction of sp³-hybridized carbons (Fsp3) is 0.0952. The molecule has 0 aliphatic heterocycles. The van der Waals surface area contributed by atoms with Gasteiger partial charge in [-0.15, -0.1) is 0 Å². The molecule has 28 heavy (non-hydrogen) atoms. The molecule has 3 aromatic carbocycles. The highest BCUT2D eigenvalue weighted by Crippen LogP contribution is 2.26. The summed E-state index contributed by atoms with van der Waals surface area (Å²) >= 11 is 0. The topological polar surface area (TPSA) is 72.7 Å². The van der Waals surface area contributed by atoms with Crippen molar-refractivity contribution >= 4 is 17.3 Å². The number of hydrogen-bond acceptors (Lipinski definition) is 4. The maximum Gasteiger partial charge on any atom is 0.282 e. The summed E-state index contributed by atoms with van der Waals surface area (Å²) in [5.74, 6) is -0.296. The third kappa shape index (κ3) is 4.15. The maximum absolute atomic E-state index is 13.2. The number of nitro benzene ring substituents is 1. The summed E-state index contributed by atoms with van der Waals surface area (Å²) in [5.41, 5.74) is 0.924. The lowest BCUT2D eigenvalue weighted by Gasteiger charge is -2.23. The fourth-order valence-corrected chi connectivity index (χ4v) is 2.77. The van der Waals surface area contributed by atoms with Gasteiger partial charge in [-0.2, -0.15) is 0 Å². The SMILES string of the molecule is COc1ccc(N(Cc2ccc(F)cc2)C(=O)c2ccccc2[N+](=O)[O-])cc1. The molecule has 0 radical (unpaired) electrons. The number of methoxy groups -OCH3 is 1. The molecule has 0 N–H and O–H groups in total. The molecule has 0 fully saturated rings. The molecule has 7 heteroatoms. The van der Waals surface area contributed by atoms with Gasteiger partial charge in [0.25, 0.3) is 11.6 Å². The van der Waals surface area contributed by atoms with E-state index in [0.717, 1.165) is 0 Å². The van der Waals surface area contributed by atoms with Crippen LogP contribution in [0.4, 0.5) is 15.8 Å². The largest absolute Gasteiger partial charge is 0.497 e. The van der Waals surface area contributed by atoms with E-state index in [-0.39, 0.29) is 23.6 Å². The Kier molecular flexibility index (Phi) is 5.64. The van der Waals surface area contributed by atoms with Gasteiger partial charge in [0.1, 0.15) is 17.1 Å². The average molecular weight is 380 g/mol. The lowest BCUT2D eigenvalue weighted by Crippen LogP contribution is -2.31. The highest BCUT2D eigenvalue weighted by atomic mass is 19.1. The van der Waals surface area contributed by atoms with Gasteiger partial charge in [-0.3, -0.25) is 14.9 Å². The van der Waals surface area contributed by atoms with Crippen LogP contribution in [-0.4, -0.2) is 17.9 Å². The molecule has 0 unspecified atom stereocenters. The van der Waals surface area contributed by atoms with Gasteiger partial charge in [-0.05, 0) is 48.0 Å². The molecule has 0 aliphatic rings. The first kappa shape index (κ1) is 19.0. The standard InChI is InChI=1S/C21H17FN2O4/c1-28-18-12-10-17(11-13-18)23(14-15-6-8-16(22)9-7-15)21(25)19-4-2-3-5-20(19)24(26)27/h2-13H,14H2,1H3. The molecule has 0 spiro atoms. The van der Waals surface area contributed by atoms with Gasteiger partial charge in [0.15, 0.2) is 0 Å². The summed E-state index contributed by atoms with van der Waals surface area (Å²) in [7, 11) is 1.53. The lowest BCUT2D eigenvalue weighted by atomic mass is 10.1. The molecule has 3 rings (SSSR count). The van der Waals surface area contributed by atoms with Crippen molar-refractivity contribution in [2.75, 3.05) is 12.0 Å². The molecule has 6 nitrogen and oxygen atoms in total. The Labute approximate surface area is 160 Å². The van der Waals surface area contributed by atoms with E-state index in [9.17, 15) is 19.3 Å². The van der Waals surface area contributed by atoms with Crippen molar-refractivity contribution in [1.82, 2.24) is 0 Å². The van der Waals surface area contributed by atoms with E-state index < -0.39 is 10.8 Å². The minimum Gasteiger partial charge on any atom is -0.497 e. The number of anilines is 1. The number of carbonyl (C=O) groups is 1. The highest BCUT2D eigenvalue weighted by Gasteiger charge is 2.25. The molecule has 0 saturated carbocycles. The highest BCUT2D eigenvalue weighted by molar-refractivity contribution is 6.08. The van der Waals surface area contributed by atoms with Crippen molar-refractivity contribution in [3.05, 3.63) is 99.9 Å². The number of amides is 1. The Morgan fingerprint density at radius 3 is 2.29 bits per heavy atom. The molecule has 0 aliphatic carbocycles. The van der Waals surface area contributed by atoms with Crippen LogP contribution in [0, 0.1) is 15.9 Å². The van der Waals surface area contributed by atoms with Crippen LogP contribution in [-0.2, 0) is 6.54 Å². The average Bonchev–Trinajstić information content (AvgIpc) is 2.73. The zero-order chi connectivity index (χ0) is 20.1. The summed E-state index contributed by atoms with van der Waals surface area (Å²) in [6.45, 7) is 0.123. The smallest absolute Gasteiger partial charge is 0.282 e. The first-order chi connectivity index (χ1) is 13.5. The molecule has 142 valence electrons. The Hall–Kier alpha value is -3.74. The minimum absolute atomic E-state index is 0.0228. The van der Waals surface area contributed by atoms with E-state index in [0.29, 0.717) is 17.0 Å². The van der Waals surface area contributed by atoms with Gasteiger partial charge in [0.2, 0.25) is 0 Å². The monoisotopic (exact) mass is 380 g/mol. The zero-order valence-corrected chi connectivity index (χ0v) is 15.0. The number of carbonyl (C=O) groups excluding carboxylic acids is 1. The molecule has 1 amide bonds. The van der Waals surface area contributed by atoms with Crippen LogP contribution in [0.15, 0.2) is 72.8 Å². The van der Waals surface area contributed by atoms with Gasteiger partial charge in [-0.1, -0.05) is 24.3 Å². The number of rotatable bonds is 6. The van der Waals surface area contributed by atoms with Crippen LogP contribution >= 0.6 is 0 Å². The number of nitro groups is 1. The molecule has 0 atom stereocenters. The second kappa shape index (κ2) is 8.30. The van der Waals surface area contributed by atoms with E-state index in [1.165, 1.54) is 42.3 Å². The Balaban J connectivity index is 2.03. The normalized spacial score (nSPS) is 10.4. The van der Waals surface area contributed by atoms with Gasteiger partial charge >= 0.3 is 0 Å². The number of para-hydroxylation sites is 1. The van der Waals surface area contributed by atoms with Gasteiger partial charge in [-0.25, -0.2) is 4.39 Å². The van der Waals surface area contributed by atoms with Crippen molar-refractivity contribution in [2.45, 2.75) is 6.54 Å². The predicted molar refractivity (Wildman–Crippen MR) is 103 cm³/mol. The summed E-state index contributed by atoms with van der Waals surface area (Å²) in [5, 5.41) is 11.3. The van der Waals surface area contributed by atoms with Crippen LogP contribution in [0.3, 0.4) is 0 Å². The molecular formula is C21H17FN2O4. The Bertz CT molecular complexity index is 988. The van der Waals surface area contributed by atoms with Crippen LogP contribution in [0.25, 0.3) is 0 Å². The maximum atomic E-state index is 13.2. The van der Waals surface area contributed by atoms with Crippen LogP contribution < -0.4 is 9.64 Å². The van der Waals surface area contributed by atoms with E-state index >= 15 is 0 Å². The summed E-state index contributed by atoms with van der Waals surface area (Å²) in [6.07, 6.45) is 0. The minimum atomic E-state index is -0.586. The van der Waals surface area contributed by atoms with Gasteiger partial charge in [0, 0.05) is 11.8 Å². The predicted octanol–water partition coefficient (Wildman–Crippen LogP) is 4.59. The van der Waals surface area contributed by atoms with Crippen molar-refractivity contribution < 1.29 is 18.8 Å². The second-order valence-corrected chi connectivity index (χ2v) is 5.99. The molecule has 0 saturated heterocycles. The van der Waals surface area contributed by atoms with E-state index in [2.05, 4.69) is 0 Å². The molecular weight excluding hydrogens is 363 g/mol. The number of ether oxygens (including phenoxy) is 1. The molecule has 3 aromatic rings. The Morgan fingerprint density at radius 1 is 1.04 bits per heavy atom. The quantitative estimate of drug-likeness (QED) is 0.463. The van der Waals surface area contributed by atoms with Crippen LogP contribution in [0.2, 0.25) is 0 Å². The summed E-state index contributed by atoms with van der Waals surface area (Å²) < 4.78 is 18.4. The van der Waals surface area contributed by atoms with Crippen molar-refractivity contribution in [2.24, 2.45) is 0 Å². The van der Waals surface area contributed by atoms with Crippen molar-refractivity contribution in [3.63, 3.8) is 0 Å². The van der Waals surface area contributed by atoms with Crippen molar-refractivity contribution in [1.29, 1.82) is 0 Å². The summed E-state index contributed by atoms with van der Waals surface area (Å²) in [4.78, 5) is 25.4. The number of hydrogen-bond donors (Lipinski definition) is 0. The van der Waals surface area contributed by atoms with Crippen molar-refractivity contribution in [3.8, 4) is 5.75 Å². The second-order valence-electron chi connectivity index (χ2n) is 5.99. The number of nitrogens with zero attached hydrogens (tertiary/aromatic N) is 2. The third-order valence-corrected chi connectivity index (χ3v) is 4.21. The third-order valence-electron chi connectivity index (χ3n) is 4.21. The lowest BCUT2D eigenvalue weighted by molar-refractivity contribution is -0.385. The van der Waals surface area contributed by atoms with Gasteiger partial charge in [0.05, 0.1) is 18.6 Å². The van der Waals surface area contributed by atoms with Crippen LogP contribution in [0.5, 0.6) is 5.75 Å². The first-order valence-electron chi connectivity index (χ1n) is 8.43. The first-order valence-corrected chi connectivity index (χ1v) is 8.43. The van der Waals surface area contributed by atoms with Gasteiger partial charge < -0.3 is 9.64 Å². The molecule has 0 bridgehead atoms. The van der Waals surface area contributed by atoms with Crippen LogP contribution in [0.1, 0.15) is 15.9 Å². The summed E-state index contributed by atoms with van der Waals surface area (Å²) in [6, 6.07) is 18.3. The molecule has 0 heterocycles. The van der Waals surface area contributed by atoms with E-state index in [4.69, 9.17) is 4.74 Å². The fourth-order valence-electron chi connectivity index (χ4n) is 2.77. The van der Waals surface area contributed by atoms with E-state index in [1.54, 1.807) is 42.5 Å². The zero-order valence-electron chi connectivity index (χ0n) is 15.0. The Morgan fingerprint density at radius 2 is 1.68 bits per heavy atom. The number of halogens is 1. The number of benzene rings is 3. The molecule has 0 aromatic heterocycles.